The highest BCUT2D eigenvalue weighted by Crippen LogP contribution is 2.33. The van der Waals surface area contributed by atoms with Gasteiger partial charge in [0.1, 0.15) is 0 Å². The normalized spacial score (nSPS) is 12.6. The topological polar surface area (TPSA) is 88.5 Å². The summed E-state index contributed by atoms with van der Waals surface area (Å²) in [6, 6.07) is 5.53. The van der Waals surface area contributed by atoms with Gasteiger partial charge in [0.05, 0.1) is 9.79 Å². The van der Waals surface area contributed by atoms with Crippen molar-refractivity contribution in [2.24, 2.45) is 0 Å². The molecule has 1 aromatic carbocycles. The third-order valence-corrected chi connectivity index (χ3v) is 7.46. The molecule has 0 aliphatic rings. The lowest BCUT2D eigenvalue weighted by atomic mass is 10.4. The van der Waals surface area contributed by atoms with Crippen LogP contribution in [0.4, 0.5) is 0 Å². The van der Waals surface area contributed by atoms with Gasteiger partial charge in [-0.1, -0.05) is 11.6 Å². The highest BCUT2D eigenvalue weighted by atomic mass is 35.5. The van der Waals surface area contributed by atoms with E-state index in [0.717, 1.165) is 0 Å². The van der Waals surface area contributed by atoms with Crippen molar-refractivity contribution < 1.29 is 21.4 Å². The van der Waals surface area contributed by atoms with E-state index in [1.165, 1.54) is 36.6 Å². The van der Waals surface area contributed by atoms with Gasteiger partial charge in [0.2, 0.25) is 9.84 Å². The minimum absolute atomic E-state index is 0.00434. The minimum atomic E-state index is -4.43. The molecular formula is C11H9ClO5S3. The summed E-state index contributed by atoms with van der Waals surface area (Å²) in [4.78, 5) is -0.137. The summed E-state index contributed by atoms with van der Waals surface area (Å²) >= 11 is 6.36. The molecule has 0 radical (unpaired) electrons. The molecule has 1 heterocycles. The number of halogens is 1. The predicted octanol–water partition coefficient (Wildman–Crippen LogP) is 2.79. The lowest BCUT2D eigenvalue weighted by Crippen LogP contribution is -2.04. The molecular weight excluding hydrogens is 344 g/mol. The zero-order chi connectivity index (χ0) is 15.1. The Kier molecular flexibility index (Phi) is 3.96. The lowest BCUT2D eigenvalue weighted by Gasteiger charge is -2.04. The van der Waals surface area contributed by atoms with E-state index in [2.05, 4.69) is 0 Å². The molecule has 9 heteroatoms. The SMILES string of the molecule is Cc1c(S(=O)(=O)c2ccc(Cl)cc2)csc1S(=O)(=O)O. The summed E-state index contributed by atoms with van der Waals surface area (Å²) < 4.78 is 55.7. The first-order chi connectivity index (χ1) is 9.14. The summed E-state index contributed by atoms with van der Waals surface area (Å²) in [5.41, 5.74) is 0.00690. The maximum Gasteiger partial charge on any atom is 0.304 e. The van der Waals surface area contributed by atoms with Gasteiger partial charge in [0.25, 0.3) is 0 Å². The molecule has 1 N–H and O–H groups in total. The van der Waals surface area contributed by atoms with Gasteiger partial charge in [-0.3, -0.25) is 4.55 Å². The van der Waals surface area contributed by atoms with Crippen molar-refractivity contribution in [2.45, 2.75) is 20.9 Å². The molecule has 108 valence electrons. The Bertz CT molecular complexity index is 848. The summed E-state index contributed by atoms with van der Waals surface area (Å²) in [7, 11) is -8.28. The summed E-state index contributed by atoms with van der Waals surface area (Å²) in [5, 5.41) is 1.59. The Hall–Kier alpha value is -0.930. The van der Waals surface area contributed by atoms with E-state index < -0.39 is 20.0 Å². The summed E-state index contributed by atoms with van der Waals surface area (Å²) in [5.74, 6) is 0. The van der Waals surface area contributed by atoms with Crippen LogP contribution >= 0.6 is 22.9 Å². The molecule has 2 aromatic rings. The van der Waals surface area contributed by atoms with E-state index in [1.54, 1.807) is 0 Å². The molecule has 0 aliphatic heterocycles. The first kappa shape index (κ1) is 15.5. The molecule has 20 heavy (non-hydrogen) atoms. The van der Waals surface area contributed by atoms with E-state index in [9.17, 15) is 16.8 Å². The standard InChI is InChI=1S/C11H9ClO5S3/c1-7-10(6-18-11(7)20(15,16)17)19(13,14)9-4-2-8(12)3-5-9/h2-6H,1H3,(H,15,16,17). The summed E-state index contributed by atoms with van der Waals surface area (Å²) in [6.45, 7) is 1.34. The van der Waals surface area contributed by atoms with Crippen LogP contribution in [0, 0.1) is 6.92 Å². The van der Waals surface area contributed by atoms with Gasteiger partial charge in [-0.15, -0.1) is 11.3 Å². The van der Waals surface area contributed by atoms with Crippen molar-refractivity contribution in [3.63, 3.8) is 0 Å². The van der Waals surface area contributed by atoms with Crippen molar-refractivity contribution in [3.05, 3.63) is 40.2 Å². The van der Waals surface area contributed by atoms with Gasteiger partial charge in [0, 0.05) is 16.0 Å². The molecule has 5 nitrogen and oxygen atoms in total. The molecule has 0 unspecified atom stereocenters. The summed E-state index contributed by atoms with van der Waals surface area (Å²) in [6.07, 6.45) is 0. The zero-order valence-corrected chi connectivity index (χ0v) is 13.3. The highest BCUT2D eigenvalue weighted by molar-refractivity contribution is 7.92. The number of benzene rings is 1. The molecule has 0 spiro atoms. The van der Waals surface area contributed by atoms with E-state index in [4.69, 9.17) is 16.2 Å². The minimum Gasteiger partial charge on any atom is -0.281 e. The van der Waals surface area contributed by atoms with E-state index in [0.29, 0.717) is 16.4 Å². The van der Waals surface area contributed by atoms with Crippen LogP contribution in [0.2, 0.25) is 5.02 Å². The molecule has 0 atom stereocenters. The molecule has 0 amide bonds. The van der Waals surface area contributed by atoms with Crippen LogP contribution in [-0.2, 0) is 20.0 Å². The first-order valence-corrected chi connectivity index (χ1v) is 9.38. The van der Waals surface area contributed by atoms with E-state index >= 15 is 0 Å². The number of hydrogen-bond donors (Lipinski definition) is 1. The van der Waals surface area contributed by atoms with Crippen LogP contribution in [0.15, 0.2) is 43.6 Å². The second-order valence-electron chi connectivity index (χ2n) is 3.94. The van der Waals surface area contributed by atoms with Crippen LogP contribution in [-0.4, -0.2) is 21.4 Å². The maximum absolute atomic E-state index is 12.4. The average Bonchev–Trinajstić information content (AvgIpc) is 2.72. The van der Waals surface area contributed by atoms with Crippen LogP contribution in [0.5, 0.6) is 0 Å². The Labute approximate surface area is 125 Å². The first-order valence-electron chi connectivity index (χ1n) is 5.20. The largest absolute Gasteiger partial charge is 0.304 e. The number of sulfone groups is 1. The Morgan fingerprint density at radius 3 is 2.10 bits per heavy atom. The molecule has 0 fully saturated rings. The van der Waals surface area contributed by atoms with Gasteiger partial charge in [-0.2, -0.15) is 8.42 Å². The molecule has 1 aromatic heterocycles. The van der Waals surface area contributed by atoms with Crippen molar-refractivity contribution in [1.29, 1.82) is 0 Å². The Balaban J connectivity index is 2.62. The Morgan fingerprint density at radius 1 is 1.10 bits per heavy atom. The highest BCUT2D eigenvalue weighted by Gasteiger charge is 2.27. The van der Waals surface area contributed by atoms with Crippen LogP contribution in [0.1, 0.15) is 5.56 Å². The third-order valence-electron chi connectivity index (χ3n) is 2.60. The fraction of sp³-hybridized carbons (Fsp3) is 0.0909. The fourth-order valence-electron chi connectivity index (χ4n) is 1.64. The van der Waals surface area contributed by atoms with Crippen LogP contribution < -0.4 is 0 Å². The number of rotatable bonds is 3. The van der Waals surface area contributed by atoms with Crippen LogP contribution in [0.3, 0.4) is 0 Å². The molecule has 2 rings (SSSR count). The van der Waals surface area contributed by atoms with Gasteiger partial charge in [-0.05, 0) is 31.2 Å². The maximum atomic E-state index is 12.4. The van der Waals surface area contributed by atoms with Gasteiger partial charge in [0.15, 0.2) is 4.21 Å². The van der Waals surface area contributed by atoms with Crippen molar-refractivity contribution in [2.75, 3.05) is 0 Å². The van der Waals surface area contributed by atoms with Gasteiger partial charge in [-0.25, -0.2) is 8.42 Å². The van der Waals surface area contributed by atoms with Crippen molar-refractivity contribution >= 4 is 42.9 Å². The quantitative estimate of drug-likeness (QED) is 0.858. The van der Waals surface area contributed by atoms with Crippen molar-refractivity contribution in [3.8, 4) is 0 Å². The lowest BCUT2D eigenvalue weighted by molar-refractivity contribution is 0.485. The number of thiophene rings is 1. The molecule has 0 aliphatic carbocycles. The number of hydrogen-bond acceptors (Lipinski definition) is 5. The van der Waals surface area contributed by atoms with Gasteiger partial charge >= 0.3 is 10.1 Å². The predicted molar refractivity (Wildman–Crippen MR) is 75.8 cm³/mol. The average molecular weight is 353 g/mol. The van der Waals surface area contributed by atoms with E-state index in [1.807, 2.05) is 0 Å². The van der Waals surface area contributed by atoms with Crippen LogP contribution in [0.25, 0.3) is 0 Å². The second kappa shape index (κ2) is 5.12. The van der Waals surface area contributed by atoms with Crippen molar-refractivity contribution in [1.82, 2.24) is 0 Å². The zero-order valence-electron chi connectivity index (χ0n) is 10.1. The Morgan fingerprint density at radius 2 is 1.65 bits per heavy atom. The van der Waals surface area contributed by atoms with E-state index in [-0.39, 0.29) is 19.6 Å². The second-order valence-corrected chi connectivity index (χ2v) is 8.80. The fourth-order valence-corrected chi connectivity index (χ4v) is 5.61. The molecule has 0 bridgehead atoms. The van der Waals surface area contributed by atoms with Gasteiger partial charge < -0.3 is 0 Å². The molecule has 0 saturated heterocycles. The smallest absolute Gasteiger partial charge is 0.281 e. The molecule has 0 saturated carbocycles. The monoisotopic (exact) mass is 352 g/mol. The third kappa shape index (κ3) is 2.75.